The summed E-state index contributed by atoms with van der Waals surface area (Å²) in [4.78, 5) is 12.4. The van der Waals surface area contributed by atoms with Gasteiger partial charge in [-0.05, 0) is 37.5 Å². The molecule has 2 aromatic rings. The van der Waals surface area contributed by atoms with Crippen molar-refractivity contribution in [3.63, 3.8) is 0 Å². The van der Waals surface area contributed by atoms with Crippen molar-refractivity contribution in [1.82, 2.24) is 5.32 Å². The summed E-state index contributed by atoms with van der Waals surface area (Å²) in [7, 11) is -3.83. The van der Waals surface area contributed by atoms with Gasteiger partial charge in [0.05, 0.1) is 11.9 Å². The fourth-order valence-electron chi connectivity index (χ4n) is 2.71. The highest BCUT2D eigenvalue weighted by molar-refractivity contribution is 7.92. The predicted molar refractivity (Wildman–Crippen MR) is 101 cm³/mol. The zero-order valence-corrected chi connectivity index (χ0v) is 15.7. The number of carbonyl (C=O) groups excluding carboxylic acids is 1. The second-order valence-corrected chi connectivity index (χ2v) is 7.93. The zero-order valence-electron chi connectivity index (χ0n) is 14.9. The third-order valence-corrected chi connectivity index (χ3v) is 5.19. The average Bonchev–Trinajstić information content (AvgIpc) is 2.60. The van der Waals surface area contributed by atoms with Crippen LogP contribution in [0.15, 0.2) is 54.6 Å². The Balaban J connectivity index is 2.00. The first-order valence-corrected chi connectivity index (χ1v) is 10.2. The van der Waals surface area contributed by atoms with E-state index in [9.17, 15) is 17.6 Å². The molecule has 0 saturated heterocycles. The highest BCUT2D eigenvalue weighted by Crippen LogP contribution is 2.24. The lowest BCUT2D eigenvalue weighted by molar-refractivity contribution is -0.121. The van der Waals surface area contributed by atoms with Crippen molar-refractivity contribution in [3.8, 4) is 0 Å². The number of rotatable bonds is 8. The van der Waals surface area contributed by atoms with Crippen LogP contribution in [0.5, 0.6) is 0 Å². The molecule has 0 aromatic heterocycles. The summed E-state index contributed by atoms with van der Waals surface area (Å²) in [6.45, 7) is 1.85. The van der Waals surface area contributed by atoms with E-state index in [1.165, 1.54) is 30.7 Å². The molecule has 0 bridgehead atoms. The monoisotopic (exact) mass is 378 g/mol. The summed E-state index contributed by atoms with van der Waals surface area (Å²) in [6.07, 6.45) is 2.48. The van der Waals surface area contributed by atoms with Crippen LogP contribution in [-0.2, 0) is 21.2 Å². The molecule has 0 aliphatic heterocycles. The predicted octanol–water partition coefficient (Wildman–Crippen LogP) is 2.73. The number of halogens is 1. The van der Waals surface area contributed by atoms with Gasteiger partial charge in [-0.3, -0.25) is 9.10 Å². The van der Waals surface area contributed by atoms with Crippen LogP contribution in [0.3, 0.4) is 0 Å². The number of aryl methyl sites for hydroxylation is 1. The molecule has 0 aliphatic rings. The van der Waals surface area contributed by atoms with Crippen molar-refractivity contribution in [2.24, 2.45) is 0 Å². The van der Waals surface area contributed by atoms with E-state index in [4.69, 9.17) is 0 Å². The molecule has 5 nitrogen and oxygen atoms in total. The largest absolute Gasteiger partial charge is 0.354 e. The third-order valence-electron chi connectivity index (χ3n) is 3.96. The van der Waals surface area contributed by atoms with Crippen LogP contribution in [-0.4, -0.2) is 33.2 Å². The Morgan fingerprint density at radius 1 is 1.12 bits per heavy atom. The summed E-state index contributed by atoms with van der Waals surface area (Å²) < 4.78 is 39.1. The smallest absolute Gasteiger partial charge is 0.243 e. The summed E-state index contributed by atoms with van der Waals surface area (Å²) in [5.74, 6) is -1.16. The van der Waals surface area contributed by atoms with Crippen LogP contribution in [0.1, 0.15) is 18.9 Å². The zero-order chi connectivity index (χ0) is 19.2. The average molecular weight is 378 g/mol. The minimum Gasteiger partial charge on any atom is -0.354 e. The van der Waals surface area contributed by atoms with Gasteiger partial charge in [-0.2, -0.15) is 0 Å². The molecule has 0 saturated carbocycles. The maximum atomic E-state index is 14.1. The lowest BCUT2D eigenvalue weighted by Crippen LogP contribution is -2.48. The molecule has 1 atom stereocenters. The highest BCUT2D eigenvalue weighted by atomic mass is 32.2. The maximum Gasteiger partial charge on any atom is 0.243 e. The van der Waals surface area contributed by atoms with Crippen LogP contribution in [0.25, 0.3) is 0 Å². The number of nitrogens with zero attached hydrogens (tertiary/aromatic N) is 1. The topological polar surface area (TPSA) is 66.5 Å². The first kappa shape index (κ1) is 19.9. The normalized spacial score (nSPS) is 12.4. The number of benzene rings is 2. The molecule has 0 unspecified atom stereocenters. The fourth-order valence-corrected chi connectivity index (χ4v) is 3.88. The van der Waals surface area contributed by atoms with E-state index in [0.29, 0.717) is 6.54 Å². The molecule has 7 heteroatoms. The Morgan fingerprint density at radius 3 is 2.35 bits per heavy atom. The third kappa shape index (κ3) is 5.29. The number of hydrogen-bond acceptors (Lipinski definition) is 3. The molecule has 0 spiro atoms. The second-order valence-electron chi connectivity index (χ2n) is 6.07. The Kier molecular flexibility index (Phi) is 6.74. The van der Waals surface area contributed by atoms with Crippen molar-refractivity contribution in [2.75, 3.05) is 17.1 Å². The SMILES string of the molecule is C[C@@H](C(=O)NCCCc1ccccc1)N(c1ccccc1F)S(C)(=O)=O. The van der Waals surface area contributed by atoms with E-state index >= 15 is 0 Å². The van der Waals surface area contributed by atoms with E-state index < -0.39 is 27.8 Å². The Bertz CT molecular complexity index is 841. The quantitative estimate of drug-likeness (QED) is 0.719. The first-order chi connectivity index (χ1) is 12.3. The molecule has 1 N–H and O–H groups in total. The number of sulfonamides is 1. The summed E-state index contributed by atoms with van der Waals surface area (Å²) in [5, 5.41) is 2.73. The van der Waals surface area contributed by atoms with Crippen molar-refractivity contribution < 1.29 is 17.6 Å². The molecular weight excluding hydrogens is 355 g/mol. The molecule has 1 amide bonds. The van der Waals surface area contributed by atoms with Gasteiger partial charge in [0.1, 0.15) is 11.9 Å². The summed E-state index contributed by atoms with van der Waals surface area (Å²) >= 11 is 0. The van der Waals surface area contributed by atoms with Gasteiger partial charge in [-0.1, -0.05) is 42.5 Å². The lowest BCUT2D eigenvalue weighted by atomic mass is 10.1. The number of hydrogen-bond donors (Lipinski definition) is 1. The van der Waals surface area contributed by atoms with Crippen LogP contribution in [0, 0.1) is 5.82 Å². The highest BCUT2D eigenvalue weighted by Gasteiger charge is 2.30. The van der Waals surface area contributed by atoms with Crippen molar-refractivity contribution in [2.45, 2.75) is 25.8 Å². The number of nitrogens with one attached hydrogen (secondary N) is 1. The summed E-state index contributed by atoms with van der Waals surface area (Å²) in [5.41, 5.74) is 1.03. The minimum atomic E-state index is -3.83. The molecule has 2 rings (SSSR count). The maximum absolute atomic E-state index is 14.1. The van der Waals surface area contributed by atoms with Crippen molar-refractivity contribution >= 4 is 21.6 Å². The van der Waals surface area contributed by atoms with E-state index in [2.05, 4.69) is 5.32 Å². The van der Waals surface area contributed by atoms with Gasteiger partial charge < -0.3 is 5.32 Å². The molecule has 140 valence electrons. The molecule has 2 aromatic carbocycles. The minimum absolute atomic E-state index is 0.137. The fraction of sp³-hybridized carbons (Fsp3) is 0.316. The van der Waals surface area contributed by atoms with Gasteiger partial charge >= 0.3 is 0 Å². The van der Waals surface area contributed by atoms with Crippen molar-refractivity contribution in [3.05, 3.63) is 66.0 Å². The number of para-hydroxylation sites is 1. The van der Waals surface area contributed by atoms with Gasteiger partial charge in [-0.15, -0.1) is 0 Å². The van der Waals surface area contributed by atoms with Gasteiger partial charge in [0.2, 0.25) is 15.9 Å². The van der Waals surface area contributed by atoms with Gasteiger partial charge in [0.25, 0.3) is 0 Å². The molecule has 0 fully saturated rings. The van der Waals surface area contributed by atoms with Crippen LogP contribution in [0.4, 0.5) is 10.1 Å². The second kappa shape index (κ2) is 8.80. The van der Waals surface area contributed by atoms with E-state index in [-0.39, 0.29) is 5.69 Å². The summed E-state index contributed by atoms with van der Waals surface area (Å²) in [6, 6.07) is 14.3. The van der Waals surface area contributed by atoms with E-state index in [0.717, 1.165) is 29.5 Å². The van der Waals surface area contributed by atoms with E-state index in [1.807, 2.05) is 30.3 Å². The molecule has 0 radical (unpaired) electrons. The lowest BCUT2D eigenvalue weighted by Gasteiger charge is -2.28. The molecule has 0 heterocycles. The Labute approximate surface area is 153 Å². The van der Waals surface area contributed by atoms with Crippen LogP contribution in [0.2, 0.25) is 0 Å². The number of anilines is 1. The van der Waals surface area contributed by atoms with E-state index in [1.54, 1.807) is 0 Å². The Hall–Kier alpha value is -2.41. The van der Waals surface area contributed by atoms with Gasteiger partial charge in [0, 0.05) is 6.54 Å². The number of amides is 1. The van der Waals surface area contributed by atoms with Crippen LogP contribution < -0.4 is 9.62 Å². The molecule has 26 heavy (non-hydrogen) atoms. The number of carbonyl (C=O) groups is 1. The van der Waals surface area contributed by atoms with Crippen LogP contribution >= 0.6 is 0 Å². The molecular formula is C19H23FN2O3S. The Morgan fingerprint density at radius 2 is 1.73 bits per heavy atom. The van der Waals surface area contributed by atoms with Gasteiger partial charge in [0.15, 0.2) is 0 Å². The standard InChI is InChI=1S/C19H23FN2O3S/c1-15(19(23)21-14-8-11-16-9-4-3-5-10-16)22(26(2,24)25)18-13-7-6-12-17(18)20/h3-7,9-10,12-13,15H,8,11,14H2,1-2H3,(H,21,23)/t15-/m0/s1. The van der Waals surface area contributed by atoms with Crippen molar-refractivity contribution in [1.29, 1.82) is 0 Å². The molecule has 0 aliphatic carbocycles. The first-order valence-electron chi connectivity index (χ1n) is 8.36. The van der Waals surface area contributed by atoms with Gasteiger partial charge in [-0.25, -0.2) is 12.8 Å².